The van der Waals surface area contributed by atoms with E-state index in [0.717, 1.165) is 0 Å². The van der Waals surface area contributed by atoms with Crippen molar-refractivity contribution in [3.8, 4) is 0 Å². The molecular weight excluding hydrogens is 295 g/mol. The van der Waals surface area contributed by atoms with Gasteiger partial charge in [0.15, 0.2) is 0 Å². The fourth-order valence-corrected chi connectivity index (χ4v) is 2.56. The number of carbonyl (C=O) groups excluding carboxylic acids is 2. The lowest BCUT2D eigenvalue weighted by molar-refractivity contribution is -0.125. The molecule has 1 saturated heterocycles. The third-order valence-electron chi connectivity index (χ3n) is 3.38. The highest BCUT2D eigenvalue weighted by Crippen LogP contribution is 2.25. The molecule has 1 aliphatic heterocycles. The summed E-state index contributed by atoms with van der Waals surface area (Å²) in [5.74, 6) is -0.589. The number of rotatable bonds is 3. The molecule has 1 fully saturated rings. The second-order valence-corrected chi connectivity index (χ2v) is 6.00. The van der Waals surface area contributed by atoms with Crippen LogP contribution >= 0.6 is 11.6 Å². The highest BCUT2D eigenvalue weighted by atomic mass is 35.5. The Bertz CT molecular complexity index is 563. The SMILES string of the molecule is CC(C)CC1NC(=O)CCN(c2ccc(F)c(Cl)c2)C1=O. The minimum atomic E-state index is -0.552. The quantitative estimate of drug-likeness (QED) is 0.933. The van der Waals surface area contributed by atoms with Gasteiger partial charge in [-0.3, -0.25) is 9.59 Å². The molecule has 0 bridgehead atoms. The molecule has 1 aromatic carbocycles. The average Bonchev–Trinajstić information content (AvgIpc) is 2.53. The van der Waals surface area contributed by atoms with Crippen LogP contribution in [0.3, 0.4) is 0 Å². The van der Waals surface area contributed by atoms with Gasteiger partial charge in [-0.2, -0.15) is 0 Å². The highest BCUT2D eigenvalue weighted by Gasteiger charge is 2.31. The standard InChI is InChI=1S/C15H18ClFN2O2/c1-9(2)7-13-15(21)19(6-5-14(20)18-13)10-3-4-12(17)11(16)8-10/h3-4,8-9,13H,5-7H2,1-2H3,(H,18,20). The van der Waals surface area contributed by atoms with Gasteiger partial charge in [0.25, 0.3) is 0 Å². The Morgan fingerprint density at radius 2 is 2.14 bits per heavy atom. The van der Waals surface area contributed by atoms with Crippen molar-refractivity contribution in [2.24, 2.45) is 5.92 Å². The molecule has 0 spiro atoms. The fraction of sp³-hybridized carbons (Fsp3) is 0.467. The Labute approximate surface area is 128 Å². The molecule has 21 heavy (non-hydrogen) atoms. The predicted octanol–water partition coefficient (Wildman–Crippen LogP) is 2.75. The molecule has 1 atom stereocenters. The molecule has 2 rings (SSSR count). The Morgan fingerprint density at radius 3 is 2.76 bits per heavy atom. The Kier molecular flexibility index (Phi) is 4.83. The minimum Gasteiger partial charge on any atom is -0.344 e. The molecule has 0 saturated carbocycles. The third-order valence-corrected chi connectivity index (χ3v) is 3.67. The van der Waals surface area contributed by atoms with E-state index in [2.05, 4.69) is 5.32 Å². The Hall–Kier alpha value is -1.62. The van der Waals surface area contributed by atoms with E-state index in [9.17, 15) is 14.0 Å². The second-order valence-electron chi connectivity index (χ2n) is 5.59. The van der Waals surface area contributed by atoms with E-state index in [1.54, 1.807) is 0 Å². The zero-order valence-electron chi connectivity index (χ0n) is 12.0. The number of hydrogen-bond acceptors (Lipinski definition) is 2. The second kappa shape index (κ2) is 6.43. The van der Waals surface area contributed by atoms with E-state index in [1.807, 2.05) is 13.8 Å². The summed E-state index contributed by atoms with van der Waals surface area (Å²) < 4.78 is 13.3. The van der Waals surface area contributed by atoms with Crippen LogP contribution in [0.4, 0.5) is 10.1 Å². The minimum absolute atomic E-state index is 0.0377. The van der Waals surface area contributed by atoms with Crippen molar-refractivity contribution in [1.82, 2.24) is 5.32 Å². The van der Waals surface area contributed by atoms with Crippen LogP contribution in [0.1, 0.15) is 26.7 Å². The van der Waals surface area contributed by atoms with Crippen molar-refractivity contribution in [2.45, 2.75) is 32.7 Å². The number of amides is 2. The van der Waals surface area contributed by atoms with E-state index in [1.165, 1.54) is 23.1 Å². The number of benzene rings is 1. The molecule has 2 amide bonds. The molecule has 0 radical (unpaired) electrons. The van der Waals surface area contributed by atoms with E-state index in [4.69, 9.17) is 11.6 Å². The van der Waals surface area contributed by atoms with Crippen molar-refractivity contribution in [3.05, 3.63) is 29.0 Å². The van der Waals surface area contributed by atoms with Crippen molar-refractivity contribution in [1.29, 1.82) is 0 Å². The van der Waals surface area contributed by atoms with Crippen molar-refractivity contribution in [2.75, 3.05) is 11.4 Å². The first-order valence-corrected chi connectivity index (χ1v) is 7.32. The van der Waals surface area contributed by atoms with Crippen LogP contribution in [0.5, 0.6) is 0 Å². The van der Waals surface area contributed by atoms with E-state index in [0.29, 0.717) is 12.1 Å². The van der Waals surface area contributed by atoms with Crippen LogP contribution in [0.25, 0.3) is 0 Å². The summed E-state index contributed by atoms with van der Waals surface area (Å²) in [4.78, 5) is 25.8. The molecule has 114 valence electrons. The van der Waals surface area contributed by atoms with Gasteiger partial charge in [-0.25, -0.2) is 4.39 Å². The summed E-state index contributed by atoms with van der Waals surface area (Å²) in [7, 11) is 0. The van der Waals surface area contributed by atoms with E-state index < -0.39 is 11.9 Å². The molecule has 1 heterocycles. The van der Waals surface area contributed by atoms with Gasteiger partial charge in [0.05, 0.1) is 5.02 Å². The van der Waals surface area contributed by atoms with Crippen molar-refractivity contribution < 1.29 is 14.0 Å². The Balaban J connectivity index is 2.30. The molecule has 1 N–H and O–H groups in total. The van der Waals surface area contributed by atoms with Gasteiger partial charge in [0.2, 0.25) is 11.8 Å². The number of anilines is 1. The zero-order chi connectivity index (χ0) is 15.6. The summed E-state index contributed by atoms with van der Waals surface area (Å²) in [6.45, 7) is 4.24. The molecule has 0 aromatic heterocycles. The van der Waals surface area contributed by atoms with Gasteiger partial charge in [-0.05, 0) is 30.5 Å². The van der Waals surface area contributed by atoms with Crippen LogP contribution in [0.15, 0.2) is 18.2 Å². The van der Waals surface area contributed by atoms with Crippen molar-refractivity contribution in [3.63, 3.8) is 0 Å². The predicted molar refractivity (Wildman–Crippen MR) is 79.8 cm³/mol. The zero-order valence-corrected chi connectivity index (χ0v) is 12.8. The average molecular weight is 313 g/mol. The molecule has 1 aliphatic rings. The summed E-state index contributed by atoms with van der Waals surface area (Å²) in [6, 6.07) is 3.59. The topological polar surface area (TPSA) is 49.4 Å². The largest absolute Gasteiger partial charge is 0.344 e. The maximum Gasteiger partial charge on any atom is 0.249 e. The van der Waals surface area contributed by atoms with Gasteiger partial charge in [-0.15, -0.1) is 0 Å². The normalized spacial score (nSPS) is 19.7. The van der Waals surface area contributed by atoms with Crippen LogP contribution in [-0.4, -0.2) is 24.4 Å². The van der Waals surface area contributed by atoms with Gasteiger partial charge in [0, 0.05) is 18.7 Å². The molecule has 1 aromatic rings. The molecule has 0 aliphatic carbocycles. The van der Waals surface area contributed by atoms with Crippen molar-refractivity contribution >= 4 is 29.1 Å². The summed E-state index contributed by atoms with van der Waals surface area (Å²) in [5, 5.41) is 2.71. The highest BCUT2D eigenvalue weighted by molar-refractivity contribution is 6.31. The van der Waals surface area contributed by atoms with Crippen LogP contribution in [0, 0.1) is 11.7 Å². The number of nitrogens with one attached hydrogen (secondary N) is 1. The number of hydrogen-bond donors (Lipinski definition) is 1. The maximum atomic E-state index is 13.3. The van der Waals surface area contributed by atoms with Gasteiger partial charge >= 0.3 is 0 Å². The molecule has 1 unspecified atom stereocenters. The summed E-state index contributed by atoms with van der Waals surface area (Å²) in [5.41, 5.74) is 0.511. The lowest BCUT2D eigenvalue weighted by atomic mass is 10.0. The fourth-order valence-electron chi connectivity index (χ4n) is 2.38. The van der Waals surface area contributed by atoms with E-state index in [-0.39, 0.29) is 35.7 Å². The monoisotopic (exact) mass is 312 g/mol. The van der Waals surface area contributed by atoms with Gasteiger partial charge < -0.3 is 10.2 Å². The van der Waals surface area contributed by atoms with Crippen LogP contribution in [-0.2, 0) is 9.59 Å². The third kappa shape index (κ3) is 3.73. The first kappa shape index (κ1) is 15.8. The van der Waals surface area contributed by atoms with Crippen LogP contribution < -0.4 is 10.2 Å². The Morgan fingerprint density at radius 1 is 1.43 bits per heavy atom. The van der Waals surface area contributed by atoms with E-state index >= 15 is 0 Å². The smallest absolute Gasteiger partial charge is 0.249 e. The summed E-state index contributed by atoms with van der Waals surface area (Å²) in [6.07, 6.45) is 0.783. The lowest BCUT2D eigenvalue weighted by Crippen LogP contribution is -2.45. The van der Waals surface area contributed by atoms with Gasteiger partial charge in [0.1, 0.15) is 11.9 Å². The maximum absolute atomic E-state index is 13.3. The number of nitrogens with zero attached hydrogens (tertiary/aromatic N) is 1. The molecule has 4 nitrogen and oxygen atoms in total. The number of carbonyl (C=O) groups is 2. The lowest BCUT2D eigenvalue weighted by Gasteiger charge is -2.25. The molecular formula is C15H18ClFN2O2. The first-order chi connectivity index (χ1) is 9.88. The van der Waals surface area contributed by atoms with Gasteiger partial charge in [-0.1, -0.05) is 25.4 Å². The summed E-state index contributed by atoms with van der Waals surface area (Å²) >= 11 is 5.78. The molecule has 6 heteroatoms. The number of halogens is 2. The first-order valence-electron chi connectivity index (χ1n) is 6.94. The van der Waals surface area contributed by atoms with Crippen LogP contribution in [0.2, 0.25) is 5.02 Å².